The number of rotatable bonds is 4. The Morgan fingerprint density at radius 3 is 2.75 bits per heavy atom. The molecule has 0 aromatic heterocycles. The van der Waals surface area contributed by atoms with Crippen molar-refractivity contribution in [1.82, 2.24) is 0 Å². The Morgan fingerprint density at radius 2 is 2.15 bits per heavy atom. The number of carbonyl (C=O) groups is 1. The van der Waals surface area contributed by atoms with Gasteiger partial charge in [-0.2, -0.15) is 11.8 Å². The van der Waals surface area contributed by atoms with Crippen LogP contribution in [0, 0.1) is 0 Å². The minimum Gasteiger partial charge on any atom is -0.480 e. The maximum atomic E-state index is 11.1. The average molecular weight is 319 g/mol. The van der Waals surface area contributed by atoms with E-state index in [1.165, 1.54) is 11.5 Å². The highest BCUT2D eigenvalue weighted by Gasteiger charge is 2.42. The molecule has 4 nitrogen and oxygen atoms in total. The van der Waals surface area contributed by atoms with Crippen molar-refractivity contribution in [3.05, 3.63) is 0 Å². The van der Waals surface area contributed by atoms with Crippen molar-refractivity contribution in [3.8, 4) is 0 Å². The Balaban J connectivity index is 1.97. The van der Waals surface area contributed by atoms with Gasteiger partial charge in [0, 0.05) is 16.6 Å². The summed E-state index contributed by atoms with van der Waals surface area (Å²) in [7, 11) is 0. The predicted molar refractivity (Wildman–Crippen MR) is 85.5 cm³/mol. The zero-order valence-electron chi connectivity index (χ0n) is 12.3. The van der Waals surface area contributed by atoms with Crippen LogP contribution >= 0.6 is 23.5 Å². The van der Waals surface area contributed by atoms with E-state index in [0.29, 0.717) is 5.25 Å². The third kappa shape index (κ3) is 3.84. The van der Waals surface area contributed by atoms with Crippen LogP contribution in [0.5, 0.6) is 0 Å². The maximum absolute atomic E-state index is 11.1. The van der Waals surface area contributed by atoms with Crippen molar-refractivity contribution in [2.75, 3.05) is 18.1 Å². The van der Waals surface area contributed by atoms with Crippen molar-refractivity contribution >= 4 is 29.5 Å². The van der Waals surface area contributed by atoms with Gasteiger partial charge in [0.25, 0.3) is 0 Å². The first kappa shape index (κ1) is 16.5. The average Bonchev–Trinajstić information content (AvgIpc) is 2.38. The van der Waals surface area contributed by atoms with Crippen LogP contribution in [-0.2, 0) is 9.53 Å². The van der Waals surface area contributed by atoms with Gasteiger partial charge < -0.3 is 15.6 Å². The Kier molecular flexibility index (Phi) is 5.32. The molecule has 2 rings (SSSR count). The summed E-state index contributed by atoms with van der Waals surface area (Å²) in [6.07, 6.45) is 4.28. The number of hydrogen-bond acceptors (Lipinski definition) is 5. The highest BCUT2D eigenvalue weighted by atomic mass is 32.2. The third-order valence-electron chi connectivity index (χ3n) is 4.34. The molecule has 0 amide bonds. The molecule has 1 spiro atoms. The van der Waals surface area contributed by atoms with Gasteiger partial charge in [-0.05, 0) is 51.0 Å². The first-order valence-electron chi connectivity index (χ1n) is 7.23. The summed E-state index contributed by atoms with van der Waals surface area (Å²) in [6, 6.07) is -0.826. The van der Waals surface area contributed by atoms with E-state index in [9.17, 15) is 4.79 Å². The topological polar surface area (TPSA) is 72.5 Å². The van der Waals surface area contributed by atoms with E-state index in [0.717, 1.165) is 32.3 Å². The van der Waals surface area contributed by atoms with Crippen molar-refractivity contribution in [1.29, 1.82) is 0 Å². The molecule has 2 aliphatic heterocycles. The van der Waals surface area contributed by atoms with E-state index >= 15 is 0 Å². The second-order valence-electron chi connectivity index (χ2n) is 6.30. The van der Waals surface area contributed by atoms with E-state index in [1.807, 2.05) is 25.6 Å². The normalized spacial score (nSPS) is 28.2. The number of ether oxygens (including phenoxy) is 1. The Morgan fingerprint density at radius 1 is 1.50 bits per heavy atom. The van der Waals surface area contributed by atoms with Gasteiger partial charge in [0.15, 0.2) is 0 Å². The molecular formula is C14H25NO3S2. The molecule has 2 heterocycles. The summed E-state index contributed by atoms with van der Waals surface area (Å²) in [5.41, 5.74) is 5.87. The molecule has 1 unspecified atom stereocenters. The Bertz CT molecular complexity index is 351. The quantitative estimate of drug-likeness (QED) is 0.829. The van der Waals surface area contributed by atoms with Gasteiger partial charge in [-0.1, -0.05) is 0 Å². The molecule has 2 saturated heterocycles. The third-order valence-corrected chi connectivity index (χ3v) is 6.92. The fraction of sp³-hybridized carbons (Fsp3) is 0.929. The molecule has 20 heavy (non-hydrogen) atoms. The molecule has 0 aromatic carbocycles. The highest BCUT2D eigenvalue weighted by Crippen LogP contribution is 2.44. The molecule has 2 fully saturated rings. The largest absolute Gasteiger partial charge is 0.480 e. The zero-order valence-corrected chi connectivity index (χ0v) is 13.9. The fourth-order valence-corrected chi connectivity index (χ4v) is 5.92. The second kappa shape index (κ2) is 6.46. The maximum Gasteiger partial charge on any atom is 0.321 e. The van der Waals surface area contributed by atoms with E-state index in [-0.39, 0.29) is 5.60 Å². The Hall–Kier alpha value is 0.0900. The van der Waals surface area contributed by atoms with Gasteiger partial charge in [-0.25, -0.2) is 0 Å². The van der Waals surface area contributed by atoms with Crippen LogP contribution in [0.3, 0.4) is 0 Å². The van der Waals surface area contributed by atoms with Crippen molar-refractivity contribution < 1.29 is 14.6 Å². The van der Waals surface area contributed by atoms with E-state index in [2.05, 4.69) is 0 Å². The second-order valence-corrected chi connectivity index (χ2v) is 9.48. The molecule has 116 valence electrons. The van der Waals surface area contributed by atoms with E-state index < -0.39 is 16.8 Å². The van der Waals surface area contributed by atoms with Gasteiger partial charge in [-0.3, -0.25) is 4.79 Å². The van der Waals surface area contributed by atoms with E-state index in [4.69, 9.17) is 15.6 Å². The van der Waals surface area contributed by atoms with Gasteiger partial charge in [0.05, 0.1) is 5.60 Å². The van der Waals surface area contributed by atoms with Crippen LogP contribution in [0.25, 0.3) is 0 Å². The summed E-state index contributed by atoms with van der Waals surface area (Å²) in [5.74, 6) is 1.43. The lowest BCUT2D eigenvalue weighted by molar-refractivity contribution is -0.139. The molecule has 0 radical (unpaired) electrons. The monoisotopic (exact) mass is 319 g/mol. The molecule has 0 saturated carbocycles. The predicted octanol–water partition coefficient (Wildman–Crippen LogP) is 2.35. The van der Waals surface area contributed by atoms with Crippen molar-refractivity contribution in [2.45, 2.75) is 61.2 Å². The summed E-state index contributed by atoms with van der Waals surface area (Å²) >= 11 is 3.74. The number of hydrogen-bond donors (Lipinski definition) is 2. The van der Waals surface area contributed by atoms with Crippen LogP contribution < -0.4 is 5.73 Å². The minimum absolute atomic E-state index is 0.0462. The number of aliphatic carboxylic acids is 1. The van der Waals surface area contributed by atoms with E-state index in [1.54, 1.807) is 11.8 Å². The van der Waals surface area contributed by atoms with Gasteiger partial charge in [0.1, 0.15) is 6.04 Å². The number of nitrogens with two attached hydrogens (primary N) is 1. The molecule has 0 aromatic rings. The van der Waals surface area contributed by atoms with Crippen molar-refractivity contribution in [2.24, 2.45) is 5.73 Å². The number of carboxylic acid groups (broad SMARTS) is 1. The fourth-order valence-electron chi connectivity index (χ4n) is 2.98. The first-order chi connectivity index (χ1) is 9.35. The van der Waals surface area contributed by atoms with Crippen molar-refractivity contribution in [3.63, 3.8) is 0 Å². The minimum atomic E-state index is -0.918. The van der Waals surface area contributed by atoms with Gasteiger partial charge in [0.2, 0.25) is 0 Å². The zero-order chi connectivity index (χ0) is 14.8. The van der Waals surface area contributed by atoms with Crippen LogP contribution in [0.15, 0.2) is 0 Å². The molecular weight excluding hydrogens is 294 g/mol. The van der Waals surface area contributed by atoms with Crippen LogP contribution in [0.1, 0.15) is 39.5 Å². The lowest BCUT2D eigenvalue weighted by atomic mass is 9.88. The molecule has 2 atom stereocenters. The molecule has 6 heteroatoms. The Labute approximate surface area is 129 Å². The standard InChI is InChI=1S/C14H25NO3S2/c1-13(2,11(15)12(16)17)20-10-3-6-18-14(9-10)4-7-19-8-5-14/h10-11H,3-9,15H2,1-2H3,(H,16,17)/t10?,11-/m0/s1. The molecule has 0 aliphatic carbocycles. The summed E-state index contributed by atoms with van der Waals surface area (Å²) in [6.45, 7) is 4.67. The summed E-state index contributed by atoms with van der Waals surface area (Å²) in [5, 5.41) is 9.57. The number of thioether (sulfide) groups is 2. The SMILES string of the molecule is CC(C)(SC1CCOC2(CCSCC2)C1)[C@@H](N)C(=O)O. The number of carboxylic acids is 1. The summed E-state index contributed by atoms with van der Waals surface area (Å²) < 4.78 is 5.64. The lowest BCUT2D eigenvalue weighted by Crippen LogP contribution is -2.50. The van der Waals surface area contributed by atoms with Crippen LogP contribution in [0.2, 0.25) is 0 Å². The molecule has 2 aliphatic rings. The highest BCUT2D eigenvalue weighted by molar-refractivity contribution is 8.01. The van der Waals surface area contributed by atoms with Gasteiger partial charge >= 0.3 is 5.97 Å². The molecule has 0 bridgehead atoms. The molecule has 3 N–H and O–H groups in total. The van der Waals surface area contributed by atoms with Gasteiger partial charge in [-0.15, -0.1) is 11.8 Å². The van der Waals surface area contributed by atoms with Crippen LogP contribution in [0.4, 0.5) is 0 Å². The lowest BCUT2D eigenvalue weighted by Gasteiger charge is -2.45. The first-order valence-corrected chi connectivity index (χ1v) is 9.26. The smallest absolute Gasteiger partial charge is 0.321 e. The summed E-state index contributed by atoms with van der Waals surface area (Å²) in [4.78, 5) is 11.1. The van der Waals surface area contributed by atoms with Crippen LogP contribution in [-0.4, -0.2) is 50.8 Å².